The molecular weight excluding hydrogens is 348 g/mol. The highest BCUT2D eigenvalue weighted by Crippen LogP contribution is 2.39. The van der Waals surface area contributed by atoms with Crippen LogP contribution in [0.3, 0.4) is 0 Å². The maximum atomic E-state index is 10.4. The van der Waals surface area contributed by atoms with E-state index in [-0.39, 0.29) is 17.2 Å². The van der Waals surface area contributed by atoms with Gasteiger partial charge in [0, 0.05) is 17.2 Å². The van der Waals surface area contributed by atoms with Crippen LogP contribution in [0, 0.1) is 10.8 Å². The Morgan fingerprint density at radius 1 is 0.571 bits per heavy atom. The summed E-state index contributed by atoms with van der Waals surface area (Å²) in [6, 6.07) is 1.28. The lowest BCUT2D eigenvalue weighted by Gasteiger charge is -2.18. The van der Waals surface area contributed by atoms with E-state index in [0.717, 1.165) is 43.2 Å². The summed E-state index contributed by atoms with van der Waals surface area (Å²) in [6.45, 7) is 13.6. The smallest absolute Gasteiger partial charge is 0.161 e. The summed E-state index contributed by atoms with van der Waals surface area (Å²) in [4.78, 5) is 0. The molecule has 0 radical (unpaired) electrons. The van der Waals surface area contributed by atoms with Crippen LogP contribution in [0.25, 0.3) is 0 Å². The van der Waals surface area contributed by atoms with E-state index >= 15 is 0 Å². The zero-order valence-corrected chi connectivity index (χ0v) is 19.2. The minimum atomic E-state index is -0.211. The van der Waals surface area contributed by atoms with Crippen molar-refractivity contribution in [2.24, 2.45) is 10.8 Å². The van der Waals surface area contributed by atoms with E-state index in [1.807, 2.05) is 0 Å². The first kappa shape index (κ1) is 24.7. The van der Waals surface area contributed by atoms with Gasteiger partial charge in [-0.15, -0.1) is 0 Å². The zero-order chi connectivity index (χ0) is 21.4. The van der Waals surface area contributed by atoms with Crippen molar-refractivity contribution in [1.82, 2.24) is 0 Å². The van der Waals surface area contributed by atoms with E-state index in [9.17, 15) is 15.3 Å². The molecule has 1 aromatic carbocycles. The van der Waals surface area contributed by atoms with E-state index in [1.165, 1.54) is 38.2 Å². The van der Waals surface area contributed by atoms with Crippen LogP contribution in [0.4, 0.5) is 0 Å². The van der Waals surface area contributed by atoms with Gasteiger partial charge in [0.25, 0.3) is 0 Å². The van der Waals surface area contributed by atoms with Crippen molar-refractivity contribution >= 4 is 0 Å². The molecule has 0 saturated carbocycles. The molecule has 0 aromatic heterocycles. The third-order valence-electron chi connectivity index (χ3n) is 5.43. The van der Waals surface area contributed by atoms with Crippen LogP contribution in [0.1, 0.15) is 110 Å². The van der Waals surface area contributed by atoms with Crippen LogP contribution in [0.5, 0.6) is 17.2 Å². The van der Waals surface area contributed by atoms with Gasteiger partial charge in [0.2, 0.25) is 0 Å². The molecule has 0 bridgehead atoms. The van der Waals surface area contributed by atoms with Crippen molar-refractivity contribution in [3.05, 3.63) is 17.2 Å². The molecular formula is C25H44O3. The van der Waals surface area contributed by atoms with Gasteiger partial charge in [0.05, 0.1) is 0 Å². The Labute approximate surface area is 173 Å². The fraction of sp³-hybridized carbons (Fsp3) is 0.760. The Morgan fingerprint density at radius 2 is 1.00 bits per heavy atom. The Morgan fingerprint density at radius 3 is 1.50 bits per heavy atom. The number of aromatic hydroxyl groups is 3. The summed E-state index contributed by atoms with van der Waals surface area (Å²) in [6.07, 6.45) is 11.7. The van der Waals surface area contributed by atoms with E-state index in [4.69, 9.17) is 0 Å². The summed E-state index contributed by atoms with van der Waals surface area (Å²) in [5, 5.41) is 30.6. The van der Waals surface area contributed by atoms with Crippen molar-refractivity contribution in [1.29, 1.82) is 0 Å². The second kappa shape index (κ2) is 11.0. The monoisotopic (exact) mass is 392 g/mol. The minimum absolute atomic E-state index is 0.0443. The van der Waals surface area contributed by atoms with Gasteiger partial charge in [-0.25, -0.2) is 0 Å². The summed E-state index contributed by atoms with van der Waals surface area (Å²) < 4.78 is 0. The molecule has 3 N–H and O–H groups in total. The van der Waals surface area contributed by atoms with Crippen molar-refractivity contribution in [2.45, 2.75) is 112 Å². The molecule has 3 heteroatoms. The standard InChI is InChI=1S/C25H44O3/c1-24(2,3)16-12-8-7-10-15-20-19(21(26)18-22(27)23(20)28)14-11-9-13-17-25(4,5)6/h18,26-28H,7-17H2,1-6H3. The molecule has 1 aromatic rings. The Bertz CT molecular complexity index is 591. The summed E-state index contributed by atoms with van der Waals surface area (Å²) in [5.74, 6) is -0.136. The van der Waals surface area contributed by atoms with Crippen molar-refractivity contribution in [3.8, 4) is 17.2 Å². The Hall–Kier alpha value is -1.38. The molecule has 0 spiro atoms. The lowest BCUT2D eigenvalue weighted by atomic mass is 9.88. The molecule has 0 aliphatic rings. The number of benzene rings is 1. The largest absolute Gasteiger partial charge is 0.508 e. The number of hydrogen-bond acceptors (Lipinski definition) is 3. The molecule has 1 rings (SSSR count). The van der Waals surface area contributed by atoms with Crippen LogP contribution in [-0.4, -0.2) is 15.3 Å². The normalized spacial score (nSPS) is 12.5. The van der Waals surface area contributed by atoms with Crippen LogP contribution in [0.15, 0.2) is 6.07 Å². The predicted octanol–water partition coefficient (Wildman–Crippen LogP) is 7.49. The van der Waals surface area contributed by atoms with Gasteiger partial charge >= 0.3 is 0 Å². The van der Waals surface area contributed by atoms with E-state index < -0.39 is 0 Å². The first-order chi connectivity index (χ1) is 12.9. The summed E-state index contributed by atoms with van der Waals surface area (Å²) in [5.41, 5.74) is 2.30. The Kier molecular flexibility index (Phi) is 9.66. The molecule has 0 aliphatic heterocycles. The van der Waals surface area contributed by atoms with Crippen LogP contribution in [-0.2, 0) is 12.8 Å². The van der Waals surface area contributed by atoms with Crippen molar-refractivity contribution < 1.29 is 15.3 Å². The number of phenolic OH excluding ortho intramolecular Hbond substituents is 3. The van der Waals surface area contributed by atoms with Gasteiger partial charge < -0.3 is 15.3 Å². The maximum absolute atomic E-state index is 10.4. The van der Waals surface area contributed by atoms with Gasteiger partial charge in [-0.05, 0) is 49.4 Å². The fourth-order valence-corrected chi connectivity index (χ4v) is 3.73. The number of unbranched alkanes of at least 4 members (excludes halogenated alkanes) is 5. The highest BCUT2D eigenvalue weighted by molar-refractivity contribution is 5.55. The minimum Gasteiger partial charge on any atom is -0.508 e. The lowest BCUT2D eigenvalue weighted by Crippen LogP contribution is -2.04. The second-order valence-electron chi connectivity index (χ2n) is 10.8. The number of rotatable bonds is 11. The lowest BCUT2D eigenvalue weighted by molar-refractivity contribution is 0.356. The molecule has 0 aliphatic carbocycles. The summed E-state index contributed by atoms with van der Waals surface area (Å²) >= 11 is 0. The fourth-order valence-electron chi connectivity index (χ4n) is 3.73. The number of hydrogen-bond donors (Lipinski definition) is 3. The van der Waals surface area contributed by atoms with E-state index in [1.54, 1.807) is 0 Å². The van der Waals surface area contributed by atoms with Crippen molar-refractivity contribution in [3.63, 3.8) is 0 Å². The second-order valence-corrected chi connectivity index (χ2v) is 10.8. The van der Waals surface area contributed by atoms with E-state index in [2.05, 4.69) is 41.5 Å². The van der Waals surface area contributed by atoms with Crippen LogP contribution in [0.2, 0.25) is 0 Å². The first-order valence-electron chi connectivity index (χ1n) is 11.2. The number of phenols is 3. The van der Waals surface area contributed by atoms with Gasteiger partial charge in [-0.3, -0.25) is 0 Å². The molecule has 28 heavy (non-hydrogen) atoms. The average molecular weight is 393 g/mol. The van der Waals surface area contributed by atoms with Crippen molar-refractivity contribution in [2.75, 3.05) is 0 Å². The average Bonchev–Trinajstić information content (AvgIpc) is 2.54. The molecule has 0 unspecified atom stereocenters. The third kappa shape index (κ3) is 9.71. The highest BCUT2D eigenvalue weighted by Gasteiger charge is 2.17. The third-order valence-corrected chi connectivity index (χ3v) is 5.43. The maximum Gasteiger partial charge on any atom is 0.161 e. The summed E-state index contributed by atoms with van der Waals surface area (Å²) in [7, 11) is 0. The molecule has 0 heterocycles. The van der Waals surface area contributed by atoms with Crippen LogP contribution < -0.4 is 0 Å². The molecule has 0 amide bonds. The molecule has 162 valence electrons. The molecule has 0 fully saturated rings. The Balaban J connectivity index is 2.58. The van der Waals surface area contributed by atoms with E-state index in [0.29, 0.717) is 17.3 Å². The quantitative estimate of drug-likeness (QED) is 0.208. The topological polar surface area (TPSA) is 60.7 Å². The molecule has 0 atom stereocenters. The first-order valence-corrected chi connectivity index (χ1v) is 11.2. The predicted molar refractivity (Wildman–Crippen MR) is 119 cm³/mol. The highest BCUT2D eigenvalue weighted by atomic mass is 16.3. The molecule has 3 nitrogen and oxygen atoms in total. The van der Waals surface area contributed by atoms with Crippen LogP contribution >= 0.6 is 0 Å². The van der Waals surface area contributed by atoms with Gasteiger partial charge in [-0.2, -0.15) is 0 Å². The molecule has 0 saturated heterocycles. The van der Waals surface area contributed by atoms with Gasteiger partial charge in [0.1, 0.15) is 5.75 Å². The van der Waals surface area contributed by atoms with Gasteiger partial charge in [-0.1, -0.05) is 73.6 Å². The van der Waals surface area contributed by atoms with Gasteiger partial charge in [0.15, 0.2) is 11.5 Å². The SMILES string of the molecule is CC(C)(C)CCCCCCc1c(O)c(O)cc(O)c1CCCCCC(C)(C)C. The zero-order valence-electron chi connectivity index (χ0n) is 19.2.